The van der Waals surface area contributed by atoms with Gasteiger partial charge in [-0.1, -0.05) is 17.7 Å². The molecule has 3 heteroatoms. The van der Waals surface area contributed by atoms with Crippen molar-refractivity contribution < 1.29 is 9.84 Å². The summed E-state index contributed by atoms with van der Waals surface area (Å²) in [5.74, 6) is 0.893. The maximum Gasteiger partial charge on any atom is 0.122 e. The SMILES string of the molecule is COc1ccc(C)cc1C1(CO)CCCN(C)C1. The number of nitrogens with zero attached hydrogens (tertiary/aromatic N) is 1. The summed E-state index contributed by atoms with van der Waals surface area (Å²) < 4.78 is 5.49. The van der Waals surface area contributed by atoms with E-state index in [0.717, 1.165) is 37.2 Å². The van der Waals surface area contributed by atoms with E-state index in [4.69, 9.17) is 4.74 Å². The molecule has 0 saturated carbocycles. The van der Waals surface area contributed by atoms with E-state index in [1.807, 2.05) is 6.07 Å². The van der Waals surface area contributed by atoms with Crippen LogP contribution in [0.2, 0.25) is 0 Å². The topological polar surface area (TPSA) is 32.7 Å². The second kappa shape index (κ2) is 5.29. The third kappa shape index (κ3) is 2.38. The molecule has 0 aliphatic carbocycles. The number of piperidine rings is 1. The fourth-order valence-electron chi connectivity index (χ4n) is 3.03. The number of methoxy groups -OCH3 is 1. The van der Waals surface area contributed by atoms with Gasteiger partial charge in [0.15, 0.2) is 0 Å². The van der Waals surface area contributed by atoms with Crippen LogP contribution in [-0.2, 0) is 5.41 Å². The Kier molecular flexibility index (Phi) is 3.93. The largest absolute Gasteiger partial charge is 0.496 e. The molecule has 1 unspecified atom stereocenters. The fraction of sp³-hybridized carbons (Fsp3) is 0.600. The van der Waals surface area contributed by atoms with E-state index in [-0.39, 0.29) is 12.0 Å². The molecular formula is C15H23NO2. The molecule has 1 saturated heterocycles. The molecule has 18 heavy (non-hydrogen) atoms. The van der Waals surface area contributed by atoms with E-state index in [2.05, 4.69) is 31.0 Å². The summed E-state index contributed by atoms with van der Waals surface area (Å²) in [6, 6.07) is 6.23. The van der Waals surface area contributed by atoms with Gasteiger partial charge in [0.2, 0.25) is 0 Å². The van der Waals surface area contributed by atoms with Gasteiger partial charge in [0.25, 0.3) is 0 Å². The minimum Gasteiger partial charge on any atom is -0.496 e. The lowest BCUT2D eigenvalue weighted by Gasteiger charge is -2.41. The molecule has 1 N–H and O–H groups in total. The van der Waals surface area contributed by atoms with E-state index in [1.54, 1.807) is 7.11 Å². The Morgan fingerprint density at radius 3 is 2.83 bits per heavy atom. The Labute approximate surface area is 109 Å². The van der Waals surface area contributed by atoms with Crippen LogP contribution < -0.4 is 4.74 Å². The molecule has 0 spiro atoms. The third-order valence-electron chi connectivity index (χ3n) is 4.00. The van der Waals surface area contributed by atoms with Crippen molar-refractivity contribution in [3.63, 3.8) is 0 Å². The molecule has 0 bridgehead atoms. The van der Waals surface area contributed by atoms with Gasteiger partial charge in [0.1, 0.15) is 5.75 Å². The lowest BCUT2D eigenvalue weighted by Crippen LogP contribution is -2.47. The number of aliphatic hydroxyl groups excluding tert-OH is 1. The lowest BCUT2D eigenvalue weighted by molar-refractivity contribution is 0.102. The van der Waals surface area contributed by atoms with Crippen LogP contribution in [0.3, 0.4) is 0 Å². The van der Waals surface area contributed by atoms with Crippen LogP contribution in [0, 0.1) is 6.92 Å². The summed E-state index contributed by atoms with van der Waals surface area (Å²) in [6.07, 6.45) is 2.14. The summed E-state index contributed by atoms with van der Waals surface area (Å²) in [5, 5.41) is 9.94. The minimum absolute atomic E-state index is 0.176. The van der Waals surface area contributed by atoms with Gasteiger partial charge in [-0.25, -0.2) is 0 Å². The summed E-state index contributed by atoms with van der Waals surface area (Å²) >= 11 is 0. The second-order valence-electron chi connectivity index (χ2n) is 5.48. The van der Waals surface area contributed by atoms with Crippen LogP contribution >= 0.6 is 0 Å². The highest BCUT2D eigenvalue weighted by Gasteiger charge is 2.37. The Bertz CT molecular complexity index is 419. The van der Waals surface area contributed by atoms with Crippen molar-refractivity contribution in [1.29, 1.82) is 0 Å². The van der Waals surface area contributed by atoms with Gasteiger partial charge in [-0.05, 0) is 39.4 Å². The minimum atomic E-state index is -0.176. The highest BCUT2D eigenvalue weighted by Crippen LogP contribution is 2.38. The molecule has 2 rings (SSSR count). The molecule has 3 nitrogen and oxygen atoms in total. The summed E-state index contributed by atoms with van der Waals surface area (Å²) in [5.41, 5.74) is 2.19. The molecule has 100 valence electrons. The molecule has 1 aromatic rings. The first-order chi connectivity index (χ1) is 8.61. The van der Waals surface area contributed by atoms with E-state index < -0.39 is 0 Å². The Morgan fingerprint density at radius 2 is 2.22 bits per heavy atom. The summed E-state index contributed by atoms with van der Waals surface area (Å²) in [6.45, 7) is 4.26. The Balaban J connectivity index is 2.45. The smallest absolute Gasteiger partial charge is 0.122 e. The number of hydrogen-bond acceptors (Lipinski definition) is 3. The molecule has 1 aliphatic rings. The zero-order valence-corrected chi connectivity index (χ0v) is 11.6. The van der Waals surface area contributed by atoms with Crippen LogP contribution in [0.5, 0.6) is 5.75 Å². The number of likely N-dealkylation sites (tertiary alicyclic amines) is 1. The predicted molar refractivity (Wildman–Crippen MR) is 73.2 cm³/mol. The van der Waals surface area contributed by atoms with E-state index in [1.165, 1.54) is 5.56 Å². The maximum absolute atomic E-state index is 9.94. The average Bonchev–Trinajstić information content (AvgIpc) is 2.38. The lowest BCUT2D eigenvalue weighted by atomic mass is 9.74. The molecule has 1 heterocycles. The highest BCUT2D eigenvalue weighted by molar-refractivity contribution is 5.43. The fourth-order valence-corrected chi connectivity index (χ4v) is 3.03. The van der Waals surface area contributed by atoms with Crippen molar-refractivity contribution in [1.82, 2.24) is 4.90 Å². The van der Waals surface area contributed by atoms with Crippen LogP contribution in [0.1, 0.15) is 24.0 Å². The Morgan fingerprint density at radius 1 is 1.44 bits per heavy atom. The van der Waals surface area contributed by atoms with Crippen LogP contribution in [0.15, 0.2) is 18.2 Å². The first-order valence-corrected chi connectivity index (χ1v) is 6.56. The van der Waals surface area contributed by atoms with Gasteiger partial charge in [-0.15, -0.1) is 0 Å². The quantitative estimate of drug-likeness (QED) is 0.889. The van der Waals surface area contributed by atoms with Crippen molar-refractivity contribution in [3.05, 3.63) is 29.3 Å². The molecule has 1 aliphatic heterocycles. The van der Waals surface area contributed by atoms with Gasteiger partial charge in [0, 0.05) is 17.5 Å². The molecule has 1 atom stereocenters. The number of likely N-dealkylation sites (N-methyl/N-ethyl adjacent to an activating group) is 1. The molecule has 1 fully saturated rings. The van der Waals surface area contributed by atoms with E-state index >= 15 is 0 Å². The van der Waals surface area contributed by atoms with Gasteiger partial charge in [0.05, 0.1) is 13.7 Å². The normalized spacial score (nSPS) is 25.1. The van der Waals surface area contributed by atoms with Gasteiger partial charge >= 0.3 is 0 Å². The maximum atomic E-state index is 9.94. The van der Waals surface area contributed by atoms with Crippen molar-refractivity contribution in [2.24, 2.45) is 0 Å². The number of rotatable bonds is 3. The van der Waals surface area contributed by atoms with Crippen LogP contribution in [0.4, 0.5) is 0 Å². The number of hydrogen-bond donors (Lipinski definition) is 1. The van der Waals surface area contributed by atoms with E-state index in [9.17, 15) is 5.11 Å². The molecule has 1 aromatic carbocycles. The zero-order chi connectivity index (χ0) is 13.2. The van der Waals surface area contributed by atoms with E-state index in [0.29, 0.717) is 0 Å². The first-order valence-electron chi connectivity index (χ1n) is 6.56. The number of benzene rings is 1. The first kappa shape index (κ1) is 13.4. The van der Waals surface area contributed by atoms with Crippen LogP contribution in [-0.4, -0.2) is 43.9 Å². The van der Waals surface area contributed by atoms with Gasteiger partial charge in [-0.2, -0.15) is 0 Å². The summed E-state index contributed by atoms with van der Waals surface area (Å²) in [4.78, 5) is 2.29. The van der Waals surface area contributed by atoms with Gasteiger partial charge < -0.3 is 14.7 Å². The third-order valence-corrected chi connectivity index (χ3v) is 4.00. The predicted octanol–water partition coefficient (Wildman–Crippen LogP) is 1.96. The summed E-state index contributed by atoms with van der Waals surface area (Å²) in [7, 11) is 3.82. The van der Waals surface area contributed by atoms with Crippen molar-refractivity contribution in [2.75, 3.05) is 33.9 Å². The number of ether oxygens (including phenoxy) is 1. The second-order valence-corrected chi connectivity index (χ2v) is 5.48. The number of aliphatic hydroxyl groups is 1. The average molecular weight is 249 g/mol. The standard InChI is InChI=1S/C15H23NO2/c1-12-5-6-14(18-3)13(9-12)15(11-17)7-4-8-16(2)10-15/h5-6,9,17H,4,7-8,10-11H2,1-3H3. The molecular weight excluding hydrogens is 226 g/mol. The molecule has 0 aromatic heterocycles. The molecule has 0 amide bonds. The van der Waals surface area contributed by atoms with Crippen molar-refractivity contribution in [2.45, 2.75) is 25.2 Å². The van der Waals surface area contributed by atoms with Gasteiger partial charge in [-0.3, -0.25) is 0 Å². The monoisotopic (exact) mass is 249 g/mol. The van der Waals surface area contributed by atoms with Crippen molar-refractivity contribution in [3.8, 4) is 5.75 Å². The number of aryl methyl sites for hydroxylation is 1. The van der Waals surface area contributed by atoms with Crippen molar-refractivity contribution >= 4 is 0 Å². The zero-order valence-electron chi connectivity index (χ0n) is 11.6. The Hall–Kier alpha value is -1.06. The molecule has 0 radical (unpaired) electrons. The van der Waals surface area contributed by atoms with Crippen LogP contribution in [0.25, 0.3) is 0 Å². The highest BCUT2D eigenvalue weighted by atomic mass is 16.5.